The standard InChI is InChI=1S/C13H17N3O3/c1-13(2,3)19-12(18)14-7-9-8-16-6-4-5-10(17)11(16)15-9/h4-6,8,17H,7H2,1-3H3,(H,14,18). The zero-order valence-corrected chi connectivity index (χ0v) is 11.2. The largest absolute Gasteiger partial charge is 0.504 e. The number of nitrogens with zero attached hydrogens (tertiary/aromatic N) is 2. The number of ether oxygens (including phenoxy) is 1. The first-order valence-electron chi connectivity index (χ1n) is 5.97. The molecule has 0 radical (unpaired) electrons. The number of pyridine rings is 1. The number of fused-ring (bicyclic) bond motifs is 1. The Hall–Kier alpha value is -2.24. The lowest BCUT2D eigenvalue weighted by atomic mass is 10.2. The zero-order chi connectivity index (χ0) is 14.0. The van der Waals surface area contributed by atoms with Gasteiger partial charge in [-0.3, -0.25) is 0 Å². The summed E-state index contributed by atoms with van der Waals surface area (Å²) in [4.78, 5) is 15.7. The minimum Gasteiger partial charge on any atom is -0.504 e. The molecular weight excluding hydrogens is 246 g/mol. The highest BCUT2D eigenvalue weighted by atomic mass is 16.6. The molecule has 0 spiro atoms. The van der Waals surface area contributed by atoms with Gasteiger partial charge in [0.05, 0.1) is 12.2 Å². The predicted octanol–water partition coefficient (Wildman–Crippen LogP) is 2.06. The fourth-order valence-electron chi connectivity index (χ4n) is 1.61. The van der Waals surface area contributed by atoms with E-state index in [9.17, 15) is 9.90 Å². The van der Waals surface area contributed by atoms with Crippen LogP contribution in [-0.4, -0.2) is 26.2 Å². The highest BCUT2D eigenvalue weighted by Gasteiger charge is 2.16. The van der Waals surface area contributed by atoms with E-state index in [0.717, 1.165) is 0 Å². The number of amides is 1. The summed E-state index contributed by atoms with van der Waals surface area (Å²) < 4.78 is 6.82. The minimum absolute atomic E-state index is 0.103. The summed E-state index contributed by atoms with van der Waals surface area (Å²) in [7, 11) is 0. The van der Waals surface area contributed by atoms with Crippen LogP contribution in [0.4, 0.5) is 4.79 Å². The average Bonchev–Trinajstić information content (AvgIpc) is 2.68. The Balaban J connectivity index is 2.02. The third-order valence-electron chi connectivity index (χ3n) is 2.32. The van der Waals surface area contributed by atoms with Crippen LogP contribution in [0.3, 0.4) is 0 Å². The van der Waals surface area contributed by atoms with Crippen LogP contribution in [0.5, 0.6) is 5.75 Å². The van der Waals surface area contributed by atoms with Crippen molar-refractivity contribution in [3.05, 3.63) is 30.2 Å². The maximum absolute atomic E-state index is 11.5. The molecule has 2 N–H and O–H groups in total. The Kier molecular flexibility index (Phi) is 3.33. The highest BCUT2D eigenvalue weighted by Crippen LogP contribution is 2.16. The van der Waals surface area contributed by atoms with Crippen LogP contribution < -0.4 is 5.32 Å². The van der Waals surface area contributed by atoms with Gasteiger partial charge in [0, 0.05) is 12.4 Å². The summed E-state index contributed by atoms with van der Waals surface area (Å²) in [6.07, 6.45) is 3.03. The van der Waals surface area contributed by atoms with E-state index in [1.165, 1.54) is 0 Å². The van der Waals surface area contributed by atoms with Gasteiger partial charge in [-0.25, -0.2) is 9.78 Å². The number of imidazole rings is 1. The van der Waals surface area contributed by atoms with Crippen molar-refractivity contribution in [2.24, 2.45) is 0 Å². The van der Waals surface area contributed by atoms with Gasteiger partial charge in [-0.1, -0.05) is 0 Å². The molecule has 0 aliphatic rings. The quantitative estimate of drug-likeness (QED) is 0.869. The summed E-state index contributed by atoms with van der Waals surface area (Å²) in [5, 5.41) is 12.2. The van der Waals surface area contributed by atoms with Gasteiger partial charge in [0.2, 0.25) is 0 Å². The van der Waals surface area contributed by atoms with Crippen molar-refractivity contribution >= 4 is 11.7 Å². The third-order valence-corrected chi connectivity index (χ3v) is 2.32. The van der Waals surface area contributed by atoms with E-state index in [1.54, 1.807) is 49.7 Å². The summed E-state index contributed by atoms with van der Waals surface area (Å²) in [5.41, 5.74) is 0.581. The minimum atomic E-state index is -0.527. The molecule has 0 atom stereocenters. The second-order valence-electron chi connectivity index (χ2n) is 5.21. The van der Waals surface area contributed by atoms with E-state index in [4.69, 9.17) is 4.74 Å². The number of carbonyl (C=O) groups excluding carboxylic acids is 1. The van der Waals surface area contributed by atoms with E-state index in [2.05, 4.69) is 10.3 Å². The molecular formula is C13H17N3O3. The molecule has 0 bridgehead atoms. The van der Waals surface area contributed by atoms with Gasteiger partial charge in [-0.05, 0) is 32.9 Å². The van der Waals surface area contributed by atoms with E-state index < -0.39 is 11.7 Å². The van der Waals surface area contributed by atoms with Crippen LogP contribution in [0.1, 0.15) is 26.5 Å². The molecule has 1 amide bonds. The lowest BCUT2D eigenvalue weighted by Gasteiger charge is -2.19. The molecule has 6 heteroatoms. The number of aromatic nitrogens is 2. The monoisotopic (exact) mass is 263 g/mol. The van der Waals surface area contributed by atoms with Crippen molar-refractivity contribution in [2.75, 3.05) is 0 Å². The first-order chi connectivity index (χ1) is 8.85. The normalized spacial score (nSPS) is 11.5. The topological polar surface area (TPSA) is 75.9 Å². The number of alkyl carbamates (subject to hydrolysis) is 1. The summed E-state index contributed by atoms with van der Waals surface area (Å²) in [6, 6.07) is 3.28. The highest BCUT2D eigenvalue weighted by molar-refractivity contribution is 5.67. The van der Waals surface area contributed by atoms with E-state index in [-0.39, 0.29) is 12.3 Å². The van der Waals surface area contributed by atoms with Crippen molar-refractivity contribution in [2.45, 2.75) is 32.9 Å². The lowest BCUT2D eigenvalue weighted by Crippen LogP contribution is -2.32. The van der Waals surface area contributed by atoms with Gasteiger partial charge in [0.1, 0.15) is 5.60 Å². The lowest BCUT2D eigenvalue weighted by molar-refractivity contribution is 0.0523. The maximum Gasteiger partial charge on any atom is 0.407 e. The smallest absolute Gasteiger partial charge is 0.407 e. The molecule has 2 aromatic heterocycles. The van der Waals surface area contributed by atoms with Crippen molar-refractivity contribution < 1.29 is 14.6 Å². The van der Waals surface area contributed by atoms with Crippen LogP contribution in [-0.2, 0) is 11.3 Å². The average molecular weight is 263 g/mol. The summed E-state index contributed by atoms with van der Waals surface area (Å²) in [5.74, 6) is 0.103. The van der Waals surface area contributed by atoms with Gasteiger partial charge >= 0.3 is 6.09 Å². The van der Waals surface area contributed by atoms with E-state index in [0.29, 0.717) is 11.3 Å². The van der Waals surface area contributed by atoms with Gasteiger partial charge in [-0.2, -0.15) is 0 Å². The van der Waals surface area contributed by atoms with Crippen molar-refractivity contribution in [1.29, 1.82) is 0 Å². The number of aromatic hydroxyl groups is 1. The Bertz CT molecular complexity index is 599. The SMILES string of the molecule is CC(C)(C)OC(=O)NCc1cn2cccc(O)c2n1. The molecule has 0 fully saturated rings. The second kappa shape index (κ2) is 4.79. The van der Waals surface area contributed by atoms with E-state index in [1.807, 2.05) is 0 Å². The fourth-order valence-corrected chi connectivity index (χ4v) is 1.61. The molecule has 0 saturated carbocycles. The first-order valence-corrected chi connectivity index (χ1v) is 5.97. The second-order valence-corrected chi connectivity index (χ2v) is 5.21. The molecule has 19 heavy (non-hydrogen) atoms. The number of nitrogens with one attached hydrogen (secondary N) is 1. The molecule has 0 unspecified atom stereocenters. The van der Waals surface area contributed by atoms with Crippen LogP contribution in [0, 0.1) is 0 Å². The molecule has 6 nitrogen and oxygen atoms in total. The Morgan fingerprint density at radius 3 is 2.89 bits per heavy atom. The van der Waals surface area contributed by atoms with Crippen molar-refractivity contribution in [3.8, 4) is 5.75 Å². The van der Waals surface area contributed by atoms with E-state index >= 15 is 0 Å². The van der Waals surface area contributed by atoms with Crippen LogP contribution >= 0.6 is 0 Å². The molecule has 2 aromatic rings. The molecule has 2 heterocycles. The number of hydrogen-bond acceptors (Lipinski definition) is 4. The predicted molar refractivity (Wildman–Crippen MR) is 69.9 cm³/mol. The maximum atomic E-state index is 11.5. The fraction of sp³-hybridized carbons (Fsp3) is 0.385. The van der Waals surface area contributed by atoms with Gasteiger partial charge in [0.15, 0.2) is 11.4 Å². The number of hydrogen-bond donors (Lipinski definition) is 2. The van der Waals surface area contributed by atoms with Gasteiger partial charge < -0.3 is 19.6 Å². The van der Waals surface area contributed by atoms with Crippen LogP contribution in [0.25, 0.3) is 5.65 Å². The Morgan fingerprint density at radius 1 is 1.53 bits per heavy atom. The van der Waals surface area contributed by atoms with Gasteiger partial charge in [-0.15, -0.1) is 0 Å². The van der Waals surface area contributed by atoms with Crippen LogP contribution in [0.15, 0.2) is 24.5 Å². The summed E-state index contributed by atoms with van der Waals surface area (Å²) >= 11 is 0. The molecule has 2 rings (SSSR count). The Morgan fingerprint density at radius 2 is 2.26 bits per heavy atom. The molecule has 0 aliphatic carbocycles. The molecule has 0 aliphatic heterocycles. The molecule has 0 aromatic carbocycles. The van der Waals surface area contributed by atoms with Gasteiger partial charge in [0.25, 0.3) is 0 Å². The number of carbonyl (C=O) groups is 1. The number of rotatable bonds is 2. The van der Waals surface area contributed by atoms with Crippen molar-refractivity contribution in [1.82, 2.24) is 14.7 Å². The Labute approximate surface area is 111 Å². The molecule has 102 valence electrons. The first kappa shape index (κ1) is 13.2. The van der Waals surface area contributed by atoms with Crippen LogP contribution in [0.2, 0.25) is 0 Å². The third kappa shape index (κ3) is 3.37. The zero-order valence-electron chi connectivity index (χ0n) is 11.2. The summed E-state index contributed by atoms with van der Waals surface area (Å²) in [6.45, 7) is 5.65. The molecule has 0 saturated heterocycles. The van der Waals surface area contributed by atoms with Crippen molar-refractivity contribution in [3.63, 3.8) is 0 Å².